The van der Waals surface area contributed by atoms with Gasteiger partial charge < -0.3 is 10.8 Å². The molecule has 0 saturated carbocycles. The third-order valence-corrected chi connectivity index (χ3v) is 5.97. The monoisotopic (exact) mass is 467 g/mol. The molecule has 2 unspecified atom stereocenters. The minimum absolute atomic E-state index is 0.0735. The number of thioether (sulfide) groups is 1. The predicted octanol–water partition coefficient (Wildman–Crippen LogP) is 5.83. The lowest BCUT2D eigenvalue weighted by Gasteiger charge is -2.21. The van der Waals surface area contributed by atoms with Crippen molar-refractivity contribution in [1.29, 1.82) is 0 Å². The maximum absolute atomic E-state index is 13.6. The van der Waals surface area contributed by atoms with Crippen LogP contribution in [0.4, 0.5) is 13.2 Å². The summed E-state index contributed by atoms with van der Waals surface area (Å²) in [5.41, 5.74) is 8.21. The molecular formula is C23H28F3N3O2S. The molecule has 0 aliphatic carbocycles. The first-order valence-electron chi connectivity index (χ1n) is 10.4. The molecule has 0 fully saturated rings. The summed E-state index contributed by atoms with van der Waals surface area (Å²) in [5.74, 6) is -1.99. The van der Waals surface area contributed by atoms with Crippen molar-refractivity contribution in [1.82, 2.24) is 10.2 Å². The van der Waals surface area contributed by atoms with Gasteiger partial charge in [-0.3, -0.25) is 9.89 Å². The second-order valence-electron chi connectivity index (χ2n) is 7.02. The van der Waals surface area contributed by atoms with E-state index in [2.05, 4.69) is 10.2 Å². The smallest absolute Gasteiger partial charge is 0.395 e. The molecule has 1 heterocycles. The van der Waals surface area contributed by atoms with Gasteiger partial charge in [-0.05, 0) is 47.1 Å². The van der Waals surface area contributed by atoms with Gasteiger partial charge >= 0.3 is 12.1 Å². The molecule has 0 amide bonds. The second kappa shape index (κ2) is 11.9. The van der Waals surface area contributed by atoms with Crippen molar-refractivity contribution in [3.05, 3.63) is 54.2 Å². The van der Waals surface area contributed by atoms with Crippen molar-refractivity contribution in [2.24, 2.45) is 5.73 Å². The molecule has 3 aromatic rings. The number of carboxylic acids is 1. The Kier molecular flexibility index (Phi) is 9.59. The van der Waals surface area contributed by atoms with Crippen LogP contribution in [0.15, 0.2) is 48.7 Å². The zero-order valence-electron chi connectivity index (χ0n) is 18.0. The van der Waals surface area contributed by atoms with E-state index in [0.717, 1.165) is 22.0 Å². The SMILES string of the molecule is CC.NC(CCSCCC(c1ccc(-c2ccc3cn[nH]c3c2)cc1)C(F)(F)F)C(=O)O. The Morgan fingerprint density at radius 1 is 1.09 bits per heavy atom. The van der Waals surface area contributed by atoms with Gasteiger partial charge in [-0.1, -0.05) is 50.2 Å². The highest BCUT2D eigenvalue weighted by Crippen LogP contribution is 2.39. The van der Waals surface area contributed by atoms with E-state index in [0.29, 0.717) is 5.75 Å². The molecule has 0 aliphatic rings. The number of hydrogen-bond donors (Lipinski definition) is 3. The van der Waals surface area contributed by atoms with Crippen LogP contribution in [0.1, 0.15) is 38.2 Å². The van der Waals surface area contributed by atoms with Crippen molar-refractivity contribution in [2.75, 3.05) is 11.5 Å². The van der Waals surface area contributed by atoms with Gasteiger partial charge in [0, 0.05) is 5.39 Å². The van der Waals surface area contributed by atoms with Crippen LogP contribution in [0.25, 0.3) is 22.0 Å². The highest BCUT2D eigenvalue weighted by molar-refractivity contribution is 7.99. The van der Waals surface area contributed by atoms with Crippen LogP contribution in [0.3, 0.4) is 0 Å². The zero-order chi connectivity index (χ0) is 23.7. The Balaban J connectivity index is 0.00000176. The summed E-state index contributed by atoms with van der Waals surface area (Å²) in [6, 6.07) is 11.2. The third kappa shape index (κ3) is 7.00. The molecule has 32 heavy (non-hydrogen) atoms. The van der Waals surface area contributed by atoms with E-state index in [1.165, 1.54) is 23.9 Å². The largest absolute Gasteiger partial charge is 0.480 e. The molecular weight excluding hydrogens is 439 g/mol. The summed E-state index contributed by atoms with van der Waals surface area (Å²) in [5, 5.41) is 16.6. The van der Waals surface area contributed by atoms with E-state index in [9.17, 15) is 18.0 Å². The standard InChI is InChI=1S/C21H22F3N3O2S.C2H6/c22-21(23,24)17(7-9-30-10-8-18(25)20(28)29)14-3-1-13(2-4-14)15-5-6-16-12-26-27-19(16)11-15;1-2/h1-6,11-12,17-18H,7-10,25H2,(H,26,27)(H,28,29);1-2H3. The molecule has 5 nitrogen and oxygen atoms in total. The van der Waals surface area contributed by atoms with Crippen molar-refractivity contribution >= 4 is 28.6 Å². The van der Waals surface area contributed by atoms with Crippen molar-refractivity contribution in [3.63, 3.8) is 0 Å². The lowest BCUT2D eigenvalue weighted by molar-refractivity contribution is -0.150. The summed E-state index contributed by atoms with van der Waals surface area (Å²) in [4.78, 5) is 10.7. The van der Waals surface area contributed by atoms with Crippen LogP contribution in [-0.2, 0) is 4.79 Å². The molecule has 174 valence electrons. The molecule has 0 saturated heterocycles. The van der Waals surface area contributed by atoms with E-state index in [4.69, 9.17) is 10.8 Å². The highest BCUT2D eigenvalue weighted by Gasteiger charge is 2.40. The van der Waals surface area contributed by atoms with Gasteiger partial charge in [0.1, 0.15) is 6.04 Å². The Bertz CT molecular complexity index is 990. The third-order valence-electron chi connectivity index (χ3n) is 4.92. The number of nitrogens with two attached hydrogens (primary N) is 1. The number of fused-ring (bicyclic) bond motifs is 1. The number of nitrogens with one attached hydrogen (secondary N) is 1. The van der Waals surface area contributed by atoms with Gasteiger partial charge in [0.2, 0.25) is 0 Å². The maximum atomic E-state index is 13.6. The molecule has 2 aromatic carbocycles. The fourth-order valence-electron chi connectivity index (χ4n) is 3.18. The maximum Gasteiger partial charge on any atom is 0.395 e. The summed E-state index contributed by atoms with van der Waals surface area (Å²) >= 11 is 1.29. The lowest BCUT2D eigenvalue weighted by Crippen LogP contribution is -2.30. The molecule has 1 aromatic heterocycles. The minimum Gasteiger partial charge on any atom is -0.480 e. The highest BCUT2D eigenvalue weighted by atomic mass is 32.2. The van der Waals surface area contributed by atoms with Crippen LogP contribution < -0.4 is 5.73 Å². The molecule has 4 N–H and O–H groups in total. The normalized spacial score (nSPS) is 13.3. The lowest BCUT2D eigenvalue weighted by atomic mass is 9.93. The Morgan fingerprint density at radius 3 is 2.34 bits per heavy atom. The number of benzene rings is 2. The minimum atomic E-state index is -4.35. The van der Waals surface area contributed by atoms with Crippen LogP contribution in [0.2, 0.25) is 0 Å². The average molecular weight is 468 g/mol. The number of alkyl halides is 3. The van der Waals surface area contributed by atoms with E-state index >= 15 is 0 Å². The Hall–Kier alpha value is -2.52. The van der Waals surface area contributed by atoms with E-state index < -0.39 is 24.1 Å². The summed E-state index contributed by atoms with van der Waals surface area (Å²) in [6.45, 7) is 4.00. The predicted molar refractivity (Wildman–Crippen MR) is 124 cm³/mol. The number of carbonyl (C=O) groups is 1. The summed E-state index contributed by atoms with van der Waals surface area (Å²) in [6.07, 6.45) is -2.49. The molecule has 3 rings (SSSR count). The number of aliphatic carboxylic acids is 1. The first-order valence-corrected chi connectivity index (χ1v) is 11.6. The summed E-state index contributed by atoms with van der Waals surface area (Å²) < 4.78 is 40.8. The van der Waals surface area contributed by atoms with E-state index in [1.54, 1.807) is 18.3 Å². The number of nitrogens with zero attached hydrogens (tertiary/aromatic N) is 1. The van der Waals surface area contributed by atoms with Gasteiger partial charge in [0.05, 0.1) is 17.6 Å². The first kappa shape index (κ1) is 25.7. The van der Waals surface area contributed by atoms with E-state index in [-0.39, 0.29) is 24.2 Å². The first-order chi connectivity index (χ1) is 15.3. The van der Waals surface area contributed by atoms with Gasteiger partial charge in [-0.15, -0.1) is 0 Å². The van der Waals surface area contributed by atoms with Crippen LogP contribution >= 0.6 is 11.8 Å². The number of hydrogen-bond acceptors (Lipinski definition) is 4. The number of rotatable bonds is 9. The van der Waals surface area contributed by atoms with Crippen molar-refractivity contribution in [2.45, 2.75) is 44.8 Å². The molecule has 0 spiro atoms. The van der Waals surface area contributed by atoms with E-state index in [1.807, 2.05) is 32.0 Å². The van der Waals surface area contributed by atoms with Gasteiger partial charge in [-0.2, -0.15) is 30.0 Å². The number of carboxylic acid groups (broad SMARTS) is 1. The average Bonchev–Trinajstić information content (AvgIpc) is 3.24. The summed E-state index contributed by atoms with van der Waals surface area (Å²) in [7, 11) is 0. The molecule has 9 heteroatoms. The van der Waals surface area contributed by atoms with Crippen LogP contribution in [0, 0.1) is 0 Å². The quantitative estimate of drug-likeness (QED) is 0.345. The van der Waals surface area contributed by atoms with Crippen LogP contribution in [0.5, 0.6) is 0 Å². The number of aromatic nitrogens is 2. The number of halogens is 3. The van der Waals surface area contributed by atoms with Crippen LogP contribution in [-0.4, -0.2) is 45.0 Å². The van der Waals surface area contributed by atoms with Crippen molar-refractivity contribution < 1.29 is 23.1 Å². The fourth-order valence-corrected chi connectivity index (χ4v) is 4.21. The van der Waals surface area contributed by atoms with Gasteiger partial charge in [-0.25, -0.2) is 0 Å². The zero-order valence-corrected chi connectivity index (χ0v) is 18.8. The topological polar surface area (TPSA) is 92.0 Å². The fraction of sp³-hybridized carbons (Fsp3) is 0.391. The molecule has 0 aliphatic heterocycles. The molecule has 0 radical (unpaired) electrons. The number of H-pyrrole nitrogens is 1. The molecule has 2 atom stereocenters. The number of aromatic amines is 1. The van der Waals surface area contributed by atoms with Gasteiger partial charge in [0.25, 0.3) is 0 Å². The Labute approximate surface area is 189 Å². The van der Waals surface area contributed by atoms with Crippen molar-refractivity contribution in [3.8, 4) is 11.1 Å². The molecule has 0 bridgehead atoms. The van der Waals surface area contributed by atoms with Gasteiger partial charge in [0.15, 0.2) is 0 Å². The Morgan fingerprint density at radius 2 is 1.72 bits per heavy atom. The second-order valence-corrected chi connectivity index (χ2v) is 8.25.